The molecule has 23 heavy (non-hydrogen) atoms. The van der Waals surface area contributed by atoms with Crippen molar-refractivity contribution in [1.82, 2.24) is 0 Å². The molecule has 0 bridgehead atoms. The zero-order valence-electron chi connectivity index (χ0n) is 13.8. The summed E-state index contributed by atoms with van der Waals surface area (Å²) >= 11 is 0. The van der Waals surface area contributed by atoms with Gasteiger partial charge in [0.25, 0.3) is 0 Å². The first kappa shape index (κ1) is 14.4. The number of para-hydroxylation sites is 1. The molecule has 1 aromatic heterocycles. The molecule has 0 spiro atoms. The second kappa shape index (κ2) is 5.77. The van der Waals surface area contributed by atoms with Gasteiger partial charge in [0.05, 0.1) is 0 Å². The van der Waals surface area contributed by atoms with Crippen molar-refractivity contribution < 1.29 is 4.42 Å². The molecule has 0 saturated carbocycles. The van der Waals surface area contributed by atoms with Crippen molar-refractivity contribution in [2.24, 2.45) is 5.92 Å². The Balaban J connectivity index is 1.65. The Labute approximate surface area is 137 Å². The van der Waals surface area contributed by atoms with Gasteiger partial charge in [0, 0.05) is 24.0 Å². The van der Waals surface area contributed by atoms with Crippen molar-refractivity contribution in [1.29, 1.82) is 0 Å². The Bertz CT molecular complexity index is 798. The predicted molar refractivity (Wildman–Crippen MR) is 96.1 cm³/mol. The normalized spacial score (nSPS) is 17.3. The molecule has 2 heteroatoms. The number of rotatable bonds is 3. The van der Waals surface area contributed by atoms with E-state index in [-0.39, 0.29) is 0 Å². The zero-order chi connectivity index (χ0) is 15.8. The van der Waals surface area contributed by atoms with E-state index in [9.17, 15) is 0 Å². The molecule has 4 rings (SSSR count). The van der Waals surface area contributed by atoms with E-state index in [0.29, 0.717) is 11.8 Å². The highest BCUT2D eigenvalue weighted by Gasteiger charge is 2.23. The Morgan fingerprint density at radius 3 is 2.83 bits per heavy atom. The van der Waals surface area contributed by atoms with Crippen LogP contribution >= 0.6 is 0 Å². The fourth-order valence-corrected chi connectivity index (χ4v) is 3.73. The Hall–Kier alpha value is -2.22. The number of hydrogen-bond acceptors (Lipinski definition) is 2. The molecule has 1 unspecified atom stereocenters. The van der Waals surface area contributed by atoms with E-state index >= 15 is 0 Å². The number of benzene rings is 2. The van der Waals surface area contributed by atoms with E-state index in [1.54, 1.807) is 0 Å². The van der Waals surface area contributed by atoms with Crippen LogP contribution < -0.4 is 5.32 Å². The second-order valence-electron chi connectivity index (χ2n) is 6.91. The molecular formula is C21H23NO. The van der Waals surface area contributed by atoms with Crippen LogP contribution in [0, 0.1) is 5.92 Å². The highest BCUT2D eigenvalue weighted by molar-refractivity contribution is 5.77. The van der Waals surface area contributed by atoms with Crippen LogP contribution in [0.4, 0.5) is 5.69 Å². The maximum absolute atomic E-state index is 5.97. The van der Waals surface area contributed by atoms with Crippen LogP contribution in [0.3, 0.4) is 0 Å². The number of anilines is 1. The summed E-state index contributed by atoms with van der Waals surface area (Å²) in [6, 6.07) is 17.2. The molecule has 2 heterocycles. The van der Waals surface area contributed by atoms with Crippen LogP contribution in [0.2, 0.25) is 0 Å². The smallest absolute Gasteiger partial charge is 0.134 e. The minimum atomic E-state index is 0.655. The highest BCUT2D eigenvalue weighted by atomic mass is 16.3. The third kappa shape index (κ3) is 2.74. The number of hydrogen-bond donors (Lipinski definition) is 1. The van der Waals surface area contributed by atoms with Crippen molar-refractivity contribution in [3.8, 4) is 0 Å². The SMILES string of the molecule is CC(C)C1CCNc2ccc(Cc3cc4ccccc4o3)cc21. The van der Waals surface area contributed by atoms with Gasteiger partial charge in [-0.2, -0.15) is 0 Å². The van der Waals surface area contributed by atoms with Crippen molar-refractivity contribution in [2.45, 2.75) is 32.6 Å². The van der Waals surface area contributed by atoms with Crippen LogP contribution in [-0.4, -0.2) is 6.54 Å². The molecule has 2 nitrogen and oxygen atoms in total. The lowest BCUT2D eigenvalue weighted by Gasteiger charge is -2.30. The van der Waals surface area contributed by atoms with Gasteiger partial charge in [-0.3, -0.25) is 0 Å². The largest absolute Gasteiger partial charge is 0.461 e. The molecule has 0 aliphatic carbocycles. The van der Waals surface area contributed by atoms with E-state index in [4.69, 9.17) is 4.42 Å². The average Bonchev–Trinajstić information content (AvgIpc) is 2.96. The van der Waals surface area contributed by atoms with Gasteiger partial charge in [0.15, 0.2) is 0 Å². The first-order chi connectivity index (χ1) is 11.2. The lowest BCUT2D eigenvalue weighted by molar-refractivity contribution is 0.469. The predicted octanol–water partition coefficient (Wildman–Crippen LogP) is 5.58. The highest BCUT2D eigenvalue weighted by Crippen LogP contribution is 2.37. The van der Waals surface area contributed by atoms with E-state index < -0.39 is 0 Å². The average molecular weight is 305 g/mol. The van der Waals surface area contributed by atoms with Crippen LogP contribution in [0.5, 0.6) is 0 Å². The summed E-state index contributed by atoms with van der Waals surface area (Å²) in [5.41, 5.74) is 5.09. The third-order valence-corrected chi connectivity index (χ3v) is 4.95. The molecule has 1 aliphatic heterocycles. The Morgan fingerprint density at radius 2 is 2.00 bits per heavy atom. The first-order valence-corrected chi connectivity index (χ1v) is 8.55. The van der Waals surface area contributed by atoms with Gasteiger partial charge < -0.3 is 9.73 Å². The van der Waals surface area contributed by atoms with E-state index in [2.05, 4.69) is 55.6 Å². The quantitative estimate of drug-likeness (QED) is 0.683. The number of fused-ring (bicyclic) bond motifs is 2. The summed E-state index contributed by atoms with van der Waals surface area (Å²) in [6.07, 6.45) is 2.07. The topological polar surface area (TPSA) is 25.2 Å². The molecule has 1 atom stereocenters. The third-order valence-electron chi connectivity index (χ3n) is 4.95. The minimum Gasteiger partial charge on any atom is -0.461 e. The second-order valence-corrected chi connectivity index (χ2v) is 6.91. The van der Waals surface area contributed by atoms with Crippen molar-refractivity contribution in [3.63, 3.8) is 0 Å². The summed E-state index contributed by atoms with van der Waals surface area (Å²) in [5, 5.41) is 4.72. The van der Waals surface area contributed by atoms with Gasteiger partial charge in [-0.1, -0.05) is 44.2 Å². The van der Waals surface area contributed by atoms with Crippen LogP contribution in [-0.2, 0) is 6.42 Å². The monoisotopic (exact) mass is 305 g/mol. The van der Waals surface area contributed by atoms with Crippen molar-refractivity contribution in [3.05, 3.63) is 65.4 Å². The molecular weight excluding hydrogens is 282 g/mol. The Morgan fingerprint density at radius 1 is 1.13 bits per heavy atom. The number of furan rings is 1. The molecule has 0 saturated heterocycles. The van der Waals surface area contributed by atoms with Gasteiger partial charge in [0.2, 0.25) is 0 Å². The van der Waals surface area contributed by atoms with E-state index in [1.165, 1.54) is 28.6 Å². The van der Waals surface area contributed by atoms with Crippen LogP contribution in [0.15, 0.2) is 52.9 Å². The van der Waals surface area contributed by atoms with Gasteiger partial charge in [-0.15, -0.1) is 0 Å². The summed E-state index contributed by atoms with van der Waals surface area (Å²) in [4.78, 5) is 0. The van der Waals surface area contributed by atoms with E-state index in [1.807, 2.05) is 12.1 Å². The standard InChI is InChI=1S/C21H23NO/c1-14(2)18-9-10-22-20-8-7-15(12-19(18)20)11-17-13-16-5-3-4-6-21(16)23-17/h3-8,12-14,18,22H,9-11H2,1-2H3. The molecule has 0 radical (unpaired) electrons. The maximum Gasteiger partial charge on any atom is 0.134 e. The minimum absolute atomic E-state index is 0.655. The lowest BCUT2D eigenvalue weighted by Crippen LogP contribution is -2.20. The summed E-state index contributed by atoms with van der Waals surface area (Å²) in [6.45, 7) is 5.73. The summed E-state index contributed by atoms with van der Waals surface area (Å²) < 4.78 is 5.97. The van der Waals surface area contributed by atoms with Crippen molar-refractivity contribution >= 4 is 16.7 Å². The van der Waals surface area contributed by atoms with Crippen molar-refractivity contribution in [2.75, 3.05) is 11.9 Å². The van der Waals surface area contributed by atoms with Gasteiger partial charge in [-0.05, 0) is 47.6 Å². The molecule has 1 aliphatic rings. The zero-order valence-corrected chi connectivity index (χ0v) is 13.8. The lowest BCUT2D eigenvalue weighted by atomic mass is 9.82. The molecule has 118 valence electrons. The molecule has 1 N–H and O–H groups in total. The van der Waals surface area contributed by atoms with Crippen LogP contribution in [0.25, 0.3) is 11.0 Å². The first-order valence-electron chi connectivity index (χ1n) is 8.55. The van der Waals surface area contributed by atoms with E-state index in [0.717, 1.165) is 24.3 Å². The molecule has 2 aromatic carbocycles. The molecule has 0 amide bonds. The van der Waals surface area contributed by atoms with Gasteiger partial charge >= 0.3 is 0 Å². The fourth-order valence-electron chi connectivity index (χ4n) is 3.73. The molecule has 0 fully saturated rings. The fraction of sp³-hybridized carbons (Fsp3) is 0.333. The number of nitrogens with one attached hydrogen (secondary N) is 1. The van der Waals surface area contributed by atoms with Crippen LogP contribution in [0.1, 0.15) is 43.1 Å². The summed E-state index contributed by atoms with van der Waals surface area (Å²) in [7, 11) is 0. The maximum atomic E-state index is 5.97. The van der Waals surface area contributed by atoms with Gasteiger partial charge in [0.1, 0.15) is 11.3 Å². The molecule has 3 aromatic rings. The Kier molecular flexibility index (Phi) is 3.60. The summed E-state index contributed by atoms with van der Waals surface area (Å²) in [5.74, 6) is 2.37. The van der Waals surface area contributed by atoms with Gasteiger partial charge in [-0.25, -0.2) is 0 Å².